The Bertz CT molecular complexity index is 877. The van der Waals surface area contributed by atoms with E-state index in [0.29, 0.717) is 0 Å². The third-order valence-corrected chi connectivity index (χ3v) is 5.48. The summed E-state index contributed by atoms with van der Waals surface area (Å²) in [5.74, 6) is 1.72. The lowest BCUT2D eigenvalue weighted by molar-refractivity contribution is 0.226. The van der Waals surface area contributed by atoms with Crippen molar-refractivity contribution in [1.29, 1.82) is 0 Å². The van der Waals surface area contributed by atoms with Gasteiger partial charge in [0.25, 0.3) is 0 Å². The summed E-state index contributed by atoms with van der Waals surface area (Å²) in [6, 6.07) is 6.28. The van der Waals surface area contributed by atoms with Crippen molar-refractivity contribution in [2.45, 2.75) is 26.3 Å². The molecule has 0 radical (unpaired) electrons. The van der Waals surface area contributed by atoms with Gasteiger partial charge in [0.1, 0.15) is 11.5 Å². The maximum absolute atomic E-state index is 4.59. The number of likely N-dealkylation sites (tertiary alicyclic amines) is 1. The number of fused-ring (bicyclic) bond motifs is 1. The van der Waals surface area contributed by atoms with Gasteiger partial charge in [0.2, 0.25) is 0 Å². The lowest BCUT2D eigenvalue weighted by atomic mass is 9.97. The van der Waals surface area contributed by atoms with Gasteiger partial charge in [-0.05, 0) is 69.1 Å². The Balaban J connectivity index is 1.32. The van der Waals surface area contributed by atoms with Gasteiger partial charge in [-0.2, -0.15) is 0 Å². The molecule has 1 fully saturated rings. The minimum atomic E-state index is 0.743. The number of nitrogens with zero attached hydrogens (tertiary/aromatic N) is 3. The first-order valence-electron chi connectivity index (χ1n) is 9.73. The van der Waals surface area contributed by atoms with Crippen LogP contribution in [0.1, 0.15) is 24.0 Å². The van der Waals surface area contributed by atoms with Crippen LogP contribution in [0.25, 0.3) is 11.0 Å². The first-order chi connectivity index (χ1) is 13.2. The van der Waals surface area contributed by atoms with Gasteiger partial charge < -0.3 is 20.5 Å². The van der Waals surface area contributed by atoms with Crippen LogP contribution in [-0.2, 0) is 6.54 Å². The molecule has 1 aliphatic heterocycles. The smallest absolute Gasteiger partial charge is 0.139 e. The summed E-state index contributed by atoms with van der Waals surface area (Å²) in [5, 5.41) is 8.16. The maximum Gasteiger partial charge on any atom is 0.139 e. The van der Waals surface area contributed by atoms with E-state index in [9.17, 15) is 0 Å². The van der Waals surface area contributed by atoms with Crippen LogP contribution in [-0.4, -0.2) is 46.5 Å². The molecule has 4 rings (SSSR count). The summed E-state index contributed by atoms with van der Waals surface area (Å²) < 4.78 is 0. The zero-order valence-corrected chi connectivity index (χ0v) is 16.1. The van der Waals surface area contributed by atoms with Crippen molar-refractivity contribution in [3.8, 4) is 0 Å². The molecular formula is C21H28N6. The third kappa shape index (κ3) is 4.22. The standard InChI is InChI=1S/C21H28N6/c1-15-11-26-21-18(5-8-22-21)20(15)25-14-17-3-4-19(24-13-17)23-12-16-6-9-27(2)10-7-16/h3-5,8,11,13,16H,6-7,9-10,12,14H2,1-2H3,(H,23,24)(H2,22,25,26). The number of aromatic amines is 1. The Labute approximate surface area is 160 Å². The summed E-state index contributed by atoms with van der Waals surface area (Å²) in [7, 11) is 2.20. The average Bonchev–Trinajstić information content (AvgIpc) is 3.16. The van der Waals surface area contributed by atoms with E-state index >= 15 is 0 Å². The Hall–Kier alpha value is -2.60. The molecule has 4 heterocycles. The fraction of sp³-hybridized carbons (Fsp3) is 0.429. The van der Waals surface area contributed by atoms with E-state index in [2.05, 4.69) is 62.7 Å². The summed E-state index contributed by atoms with van der Waals surface area (Å²) in [5.41, 5.74) is 4.35. The first kappa shape index (κ1) is 17.8. The molecule has 0 bridgehead atoms. The highest BCUT2D eigenvalue weighted by Crippen LogP contribution is 2.25. The molecule has 6 heteroatoms. The van der Waals surface area contributed by atoms with Crippen LogP contribution in [0.3, 0.4) is 0 Å². The molecule has 0 saturated carbocycles. The molecule has 1 saturated heterocycles. The van der Waals surface area contributed by atoms with Crippen LogP contribution in [0, 0.1) is 12.8 Å². The zero-order valence-electron chi connectivity index (χ0n) is 16.1. The average molecular weight is 364 g/mol. The lowest BCUT2D eigenvalue weighted by Gasteiger charge is -2.29. The molecule has 3 aromatic rings. The van der Waals surface area contributed by atoms with Crippen molar-refractivity contribution in [2.24, 2.45) is 5.92 Å². The van der Waals surface area contributed by atoms with Crippen LogP contribution >= 0.6 is 0 Å². The van der Waals surface area contributed by atoms with E-state index in [1.165, 1.54) is 31.5 Å². The SMILES string of the molecule is Cc1cnc2[nH]ccc2c1NCc1ccc(NCC2CCN(C)CC2)nc1. The summed E-state index contributed by atoms with van der Waals surface area (Å²) in [4.78, 5) is 14.6. The topological polar surface area (TPSA) is 68.9 Å². The monoisotopic (exact) mass is 364 g/mol. The summed E-state index contributed by atoms with van der Waals surface area (Å²) >= 11 is 0. The maximum atomic E-state index is 4.59. The van der Waals surface area contributed by atoms with Crippen molar-refractivity contribution < 1.29 is 0 Å². The van der Waals surface area contributed by atoms with E-state index in [4.69, 9.17) is 0 Å². The van der Waals surface area contributed by atoms with Gasteiger partial charge in [0.15, 0.2) is 0 Å². The van der Waals surface area contributed by atoms with Gasteiger partial charge >= 0.3 is 0 Å². The van der Waals surface area contributed by atoms with Crippen molar-refractivity contribution in [2.75, 3.05) is 37.3 Å². The van der Waals surface area contributed by atoms with Crippen LogP contribution in [0.5, 0.6) is 0 Å². The molecule has 6 nitrogen and oxygen atoms in total. The van der Waals surface area contributed by atoms with Crippen LogP contribution < -0.4 is 10.6 Å². The summed E-state index contributed by atoms with van der Waals surface area (Å²) in [6.45, 7) is 6.24. The quantitative estimate of drug-likeness (QED) is 0.623. The minimum absolute atomic E-state index is 0.743. The second-order valence-corrected chi connectivity index (χ2v) is 7.59. The second-order valence-electron chi connectivity index (χ2n) is 7.59. The van der Waals surface area contributed by atoms with Gasteiger partial charge in [0.05, 0.1) is 0 Å². The van der Waals surface area contributed by atoms with Gasteiger partial charge in [-0.15, -0.1) is 0 Å². The number of hydrogen-bond donors (Lipinski definition) is 3. The second kappa shape index (κ2) is 7.96. The van der Waals surface area contributed by atoms with E-state index < -0.39 is 0 Å². The number of aryl methyl sites for hydroxylation is 1. The van der Waals surface area contributed by atoms with Crippen LogP contribution in [0.2, 0.25) is 0 Å². The number of pyridine rings is 2. The predicted octanol–water partition coefficient (Wildman–Crippen LogP) is 3.63. The van der Waals surface area contributed by atoms with Crippen molar-refractivity contribution in [3.63, 3.8) is 0 Å². The number of hydrogen-bond acceptors (Lipinski definition) is 5. The fourth-order valence-electron chi connectivity index (χ4n) is 3.68. The summed E-state index contributed by atoms with van der Waals surface area (Å²) in [6.07, 6.45) is 8.31. The van der Waals surface area contributed by atoms with Crippen molar-refractivity contribution in [3.05, 3.63) is 47.9 Å². The Morgan fingerprint density at radius 3 is 2.74 bits per heavy atom. The number of nitrogens with one attached hydrogen (secondary N) is 3. The van der Waals surface area contributed by atoms with Gasteiger partial charge in [-0.3, -0.25) is 0 Å². The number of H-pyrrole nitrogens is 1. The van der Waals surface area contributed by atoms with Gasteiger partial charge in [-0.1, -0.05) is 6.07 Å². The highest BCUT2D eigenvalue weighted by molar-refractivity contribution is 5.90. The van der Waals surface area contributed by atoms with Gasteiger partial charge in [-0.25, -0.2) is 9.97 Å². The first-order valence-corrected chi connectivity index (χ1v) is 9.73. The molecule has 1 aliphatic rings. The predicted molar refractivity (Wildman–Crippen MR) is 111 cm³/mol. The van der Waals surface area contributed by atoms with Crippen LogP contribution in [0.15, 0.2) is 36.8 Å². The van der Waals surface area contributed by atoms with Crippen molar-refractivity contribution >= 4 is 22.5 Å². The number of rotatable bonds is 6. The molecule has 0 aromatic carbocycles. The molecule has 142 valence electrons. The fourth-order valence-corrected chi connectivity index (χ4v) is 3.68. The highest BCUT2D eigenvalue weighted by atomic mass is 15.1. The van der Waals surface area contributed by atoms with Crippen LogP contribution in [0.4, 0.5) is 11.5 Å². The molecule has 27 heavy (non-hydrogen) atoms. The molecular weight excluding hydrogens is 336 g/mol. The number of aromatic nitrogens is 3. The molecule has 3 aromatic heterocycles. The van der Waals surface area contributed by atoms with Crippen molar-refractivity contribution in [1.82, 2.24) is 19.9 Å². The van der Waals surface area contributed by atoms with E-state index in [1.54, 1.807) is 0 Å². The largest absolute Gasteiger partial charge is 0.380 e. The molecule has 3 N–H and O–H groups in total. The van der Waals surface area contributed by atoms with E-state index in [-0.39, 0.29) is 0 Å². The Kier molecular flexibility index (Phi) is 5.25. The molecule has 0 unspecified atom stereocenters. The normalized spacial score (nSPS) is 15.9. The minimum Gasteiger partial charge on any atom is -0.380 e. The van der Waals surface area contributed by atoms with E-state index in [0.717, 1.165) is 47.1 Å². The number of anilines is 2. The molecule has 0 spiro atoms. The van der Waals surface area contributed by atoms with Gasteiger partial charge in [0, 0.05) is 42.8 Å². The molecule has 0 aliphatic carbocycles. The third-order valence-electron chi connectivity index (χ3n) is 5.48. The zero-order chi connectivity index (χ0) is 18.6. The Morgan fingerprint density at radius 1 is 1.11 bits per heavy atom. The lowest BCUT2D eigenvalue weighted by Crippen LogP contribution is -2.33. The number of piperidine rings is 1. The Morgan fingerprint density at radius 2 is 1.96 bits per heavy atom. The van der Waals surface area contributed by atoms with E-state index in [1.807, 2.05) is 18.6 Å². The molecule has 0 amide bonds. The highest BCUT2D eigenvalue weighted by Gasteiger charge is 2.16. The molecule has 0 atom stereocenters.